The average Bonchev–Trinajstić information content (AvgIpc) is 2.65. The fourth-order valence-corrected chi connectivity index (χ4v) is 4.91. The molecule has 0 radical (unpaired) electrons. The van der Waals surface area contributed by atoms with E-state index in [1.54, 1.807) is 0 Å². The molecular weight excluding hydrogens is 420 g/mol. The highest BCUT2D eigenvalue weighted by molar-refractivity contribution is 7.89. The molecule has 10 heteroatoms. The summed E-state index contributed by atoms with van der Waals surface area (Å²) in [5.41, 5.74) is -0.989. The van der Waals surface area contributed by atoms with Crippen LogP contribution in [0.3, 0.4) is 0 Å². The largest absolute Gasteiger partial charge is 0.489 e. The van der Waals surface area contributed by atoms with Crippen molar-refractivity contribution < 1.29 is 36.9 Å². The molecule has 2 unspecified atom stereocenters. The highest BCUT2D eigenvalue weighted by atomic mass is 32.2. The standard InChI is InChI=1S/C20H21F2NO6S/c1-20(26)6-7-23(18(11-20)19(24)25)30(27,28)17-4-2-16(3-5-17)29-12-13-8-14(21)10-15(22)9-13/h2-5,8-10,18,26H,6-7,11-12H2,1H3,(H,24,25). The molecule has 2 aromatic carbocycles. The van der Waals surface area contributed by atoms with Crippen LogP contribution in [0.1, 0.15) is 25.3 Å². The molecule has 0 spiro atoms. The molecule has 0 bridgehead atoms. The van der Waals surface area contributed by atoms with E-state index in [0.29, 0.717) is 0 Å². The predicted molar refractivity (Wildman–Crippen MR) is 102 cm³/mol. The molecule has 0 amide bonds. The van der Waals surface area contributed by atoms with Gasteiger partial charge in [-0.1, -0.05) is 0 Å². The second kappa shape index (κ2) is 8.29. The van der Waals surface area contributed by atoms with Crippen LogP contribution in [0.25, 0.3) is 0 Å². The molecule has 2 N–H and O–H groups in total. The molecule has 1 heterocycles. The zero-order chi connectivity index (χ0) is 22.1. The van der Waals surface area contributed by atoms with Gasteiger partial charge in [-0.2, -0.15) is 4.31 Å². The highest BCUT2D eigenvalue weighted by Crippen LogP contribution is 2.31. The lowest BCUT2D eigenvalue weighted by molar-refractivity contribution is -0.146. The molecule has 7 nitrogen and oxygen atoms in total. The highest BCUT2D eigenvalue weighted by Gasteiger charge is 2.44. The third kappa shape index (κ3) is 4.94. The van der Waals surface area contributed by atoms with Crippen molar-refractivity contribution in [3.8, 4) is 5.75 Å². The number of carboxylic acids is 1. The Bertz CT molecular complexity index is 1020. The summed E-state index contributed by atoms with van der Waals surface area (Å²) in [7, 11) is -4.11. The van der Waals surface area contributed by atoms with E-state index >= 15 is 0 Å². The Morgan fingerprint density at radius 1 is 1.20 bits per heavy atom. The fraction of sp³-hybridized carbons (Fsp3) is 0.350. The lowest BCUT2D eigenvalue weighted by Crippen LogP contribution is -2.54. The topological polar surface area (TPSA) is 104 Å². The summed E-state index contributed by atoms with van der Waals surface area (Å²) < 4.78 is 58.6. The molecule has 0 saturated carbocycles. The number of benzene rings is 2. The summed E-state index contributed by atoms with van der Waals surface area (Å²) in [5.74, 6) is -2.53. The third-order valence-corrected chi connectivity index (χ3v) is 6.82. The second-order valence-electron chi connectivity index (χ2n) is 7.46. The lowest BCUT2D eigenvalue weighted by Gasteiger charge is -2.39. The zero-order valence-electron chi connectivity index (χ0n) is 16.1. The van der Waals surface area contributed by atoms with E-state index < -0.39 is 39.3 Å². The van der Waals surface area contributed by atoms with Gasteiger partial charge in [-0.05, 0) is 55.3 Å². The minimum absolute atomic E-state index is 0.112. The number of aliphatic carboxylic acids is 1. The van der Waals surface area contributed by atoms with Crippen molar-refractivity contribution >= 4 is 16.0 Å². The Labute approximate surface area is 172 Å². The maximum Gasteiger partial charge on any atom is 0.322 e. The van der Waals surface area contributed by atoms with Crippen LogP contribution in [-0.2, 0) is 21.4 Å². The summed E-state index contributed by atoms with van der Waals surface area (Å²) in [6.45, 7) is 1.22. The van der Waals surface area contributed by atoms with Crippen LogP contribution in [0.15, 0.2) is 47.4 Å². The summed E-state index contributed by atoms with van der Waals surface area (Å²) in [4.78, 5) is 11.4. The van der Waals surface area contributed by atoms with Gasteiger partial charge < -0.3 is 14.9 Å². The van der Waals surface area contributed by atoms with Gasteiger partial charge >= 0.3 is 5.97 Å². The molecule has 2 aromatic rings. The molecule has 30 heavy (non-hydrogen) atoms. The first kappa shape index (κ1) is 22.1. The molecule has 1 fully saturated rings. The van der Waals surface area contributed by atoms with Gasteiger partial charge in [-0.15, -0.1) is 0 Å². The molecule has 1 saturated heterocycles. The zero-order valence-corrected chi connectivity index (χ0v) is 16.9. The minimum Gasteiger partial charge on any atom is -0.489 e. The van der Waals surface area contributed by atoms with Gasteiger partial charge in [0.25, 0.3) is 0 Å². The van der Waals surface area contributed by atoms with E-state index in [4.69, 9.17) is 4.74 Å². The van der Waals surface area contributed by atoms with E-state index in [-0.39, 0.29) is 42.2 Å². The number of aliphatic hydroxyl groups is 1. The number of carbonyl (C=O) groups is 1. The van der Waals surface area contributed by atoms with Crippen molar-refractivity contribution in [1.29, 1.82) is 0 Å². The Morgan fingerprint density at radius 2 is 1.80 bits per heavy atom. The smallest absolute Gasteiger partial charge is 0.322 e. The van der Waals surface area contributed by atoms with Crippen LogP contribution in [0.4, 0.5) is 8.78 Å². The fourth-order valence-electron chi connectivity index (χ4n) is 3.33. The summed E-state index contributed by atoms with van der Waals surface area (Å²) in [6, 6.07) is 6.89. The molecular formula is C20H21F2NO6S. The number of hydrogen-bond donors (Lipinski definition) is 2. The Kier molecular flexibility index (Phi) is 6.11. The first-order valence-corrected chi connectivity index (χ1v) is 10.6. The number of sulfonamides is 1. The molecule has 162 valence electrons. The monoisotopic (exact) mass is 441 g/mol. The normalized spacial score (nSPS) is 22.6. The van der Waals surface area contributed by atoms with E-state index in [0.717, 1.165) is 22.5 Å². The van der Waals surface area contributed by atoms with Crippen LogP contribution in [0.5, 0.6) is 5.75 Å². The molecule has 0 aliphatic carbocycles. The third-order valence-electron chi connectivity index (χ3n) is 4.89. The van der Waals surface area contributed by atoms with Gasteiger partial charge in [0, 0.05) is 19.0 Å². The number of halogens is 2. The quantitative estimate of drug-likeness (QED) is 0.714. The number of carboxylic acid groups (broad SMARTS) is 1. The lowest BCUT2D eigenvalue weighted by atomic mass is 9.90. The average molecular weight is 441 g/mol. The molecule has 0 aromatic heterocycles. The molecule has 2 atom stereocenters. The van der Waals surface area contributed by atoms with E-state index in [9.17, 15) is 32.2 Å². The van der Waals surface area contributed by atoms with Crippen molar-refractivity contribution in [2.24, 2.45) is 0 Å². The van der Waals surface area contributed by atoms with Crippen molar-refractivity contribution in [3.05, 3.63) is 59.7 Å². The Balaban J connectivity index is 1.75. The Morgan fingerprint density at radius 3 is 2.37 bits per heavy atom. The number of piperidine rings is 1. The number of hydrogen-bond acceptors (Lipinski definition) is 5. The van der Waals surface area contributed by atoms with Crippen molar-refractivity contribution in [3.63, 3.8) is 0 Å². The summed E-state index contributed by atoms with van der Waals surface area (Å²) in [5, 5.41) is 19.5. The van der Waals surface area contributed by atoms with Gasteiger partial charge in [-0.25, -0.2) is 17.2 Å². The summed E-state index contributed by atoms with van der Waals surface area (Å²) in [6.07, 6.45) is -0.103. The maximum atomic E-state index is 13.2. The summed E-state index contributed by atoms with van der Waals surface area (Å²) >= 11 is 0. The SMILES string of the molecule is CC1(O)CCN(S(=O)(=O)c2ccc(OCc3cc(F)cc(F)c3)cc2)C(C(=O)O)C1. The second-order valence-corrected chi connectivity index (χ2v) is 9.35. The van der Waals surface area contributed by atoms with E-state index in [1.165, 1.54) is 31.2 Å². The van der Waals surface area contributed by atoms with Crippen molar-refractivity contribution in [1.82, 2.24) is 4.31 Å². The predicted octanol–water partition coefficient (Wildman–Crippen LogP) is 2.53. The van der Waals surface area contributed by atoms with Gasteiger partial charge in [0.1, 0.15) is 30.0 Å². The van der Waals surface area contributed by atoms with Crippen molar-refractivity contribution in [2.45, 2.75) is 42.9 Å². The van der Waals surface area contributed by atoms with Gasteiger partial charge in [0.2, 0.25) is 10.0 Å². The number of rotatable bonds is 6. The van der Waals surface area contributed by atoms with Crippen LogP contribution in [0, 0.1) is 11.6 Å². The molecule has 3 rings (SSSR count). The van der Waals surface area contributed by atoms with Crippen LogP contribution in [-0.4, -0.2) is 47.1 Å². The van der Waals surface area contributed by atoms with Crippen LogP contribution >= 0.6 is 0 Å². The first-order chi connectivity index (χ1) is 14.0. The van der Waals surface area contributed by atoms with Gasteiger partial charge in [0.15, 0.2) is 0 Å². The first-order valence-electron chi connectivity index (χ1n) is 9.13. The number of ether oxygens (including phenoxy) is 1. The van der Waals surface area contributed by atoms with E-state index in [1.807, 2.05) is 0 Å². The van der Waals surface area contributed by atoms with E-state index in [2.05, 4.69) is 0 Å². The van der Waals surface area contributed by atoms with Crippen LogP contribution in [0.2, 0.25) is 0 Å². The van der Waals surface area contributed by atoms with Gasteiger partial charge in [-0.3, -0.25) is 4.79 Å². The molecule has 1 aliphatic heterocycles. The van der Waals surface area contributed by atoms with Gasteiger partial charge in [0.05, 0.1) is 10.5 Å². The number of nitrogens with zero attached hydrogens (tertiary/aromatic N) is 1. The minimum atomic E-state index is -4.11. The van der Waals surface area contributed by atoms with Crippen LogP contribution < -0.4 is 4.74 Å². The Hall–Kier alpha value is -2.56. The van der Waals surface area contributed by atoms with Crippen molar-refractivity contribution in [2.75, 3.05) is 6.54 Å². The molecule has 1 aliphatic rings. The maximum absolute atomic E-state index is 13.2.